The fourth-order valence-corrected chi connectivity index (χ4v) is 2.70. The van der Waals surface area contributed by atoms with E-state index in [1.54, 1.807) is 6.07 Å². The zero-order valence-corrected chi connectivity index (χ0v) is 12.6. The lowest BCUT2D eigenvalue weighted by Gasteiger charge is -2.33. The van der Waals surface area contributed by atoms with Gasteiger partial charge in [0, 0.05) is 18.7 Å². The van der Waals surface area contributed by atoms with Crippen molar-refractivity contribution in [3.63, 3.8) is 0 Å². The molecular weight excluding hydrogens is 270 g/mol. The second-order valence-electron chi connectivity index (χ2n) is 5.79. The van der Waals surface area contributed by atoms with Crippen LogP contribution in [0.2, 0.25) is 0 Å². The Kier molecular flexibility index (Phi) is 4.95. The molecule has 21 heavy (non-hydrogen) atoms. The summed E-state index contributed by atoms with van der Waals surface area (Å²) in [5.41, 5.74) is 5.56. The highest BCUT2D eigenvalue weighted by Gasteiger charge is 2.22. The van der Waals surface area contributed by atoms with Crippen LogP contribution in [-0.4, -0.2) is 35.6 Å². The van der Waals surface area contributed by atoms with E-state index < -0.39 is 4.92 Å². The van der Waals surface area contributed by atoms with Gasteiger partial charge in [-0.3, -0.25) is 10.1 Å². The molecule has 7 heteroatoms. The molecule has 1 fully saturated rings. The minimum absolute atomic E-state index is 0.0232. The number of nitrogen functional groups attached to an aromatic ring is 1. The lowest BCUT2D eigenvalue weighted by atomic mass is 9.98. The molecule has 1 unspecified atom stereocenters. The van der Waals surface area contributed by atoms with Gasteiger partial charge in [-0.1, -0.05) is 0 Å². The molecule has 1 aromatic rings. The quantitative estimate of drug-likeness (QED) is 0.634. The van der Waals surface area contributed by atoms with Crippen LogP contribution in [-0.2, 0) is 0 Å². The van der Waals surface area contributed by atoms with E-state index in [2.05, 4.69) is 29.0 Å². The van der Waals surface area contributed by atoms with E-state index >= 15 is 0 Å². The number of nitrogens with zero attached hydrogens (tertiary/aromatic N) is 3. The molecule has 1 aliphatic rings. The Morgan fingerprint density at radius 2 is 2.33 bits per heavy atom. The van der Waals surface area contributed by atoms with Gasteiger partial charge < -0.3 is 16.0 Å². The maximum atomic E-state index is 10.8. The number of hydrogen-bond donors (Lipinski definition) is 2. The van der Waals surface area contributed by atoms with Gasteiger partial charge in [-0.2, -0.15) is 0 Å². The number of piperidine rings is 1. The minimum Gasteiger partial charge on any atom is -0.378 e. The van der Waals surface area contributed by atoms with Crippen LogP contribution in [0.1, 0.15) is 26.7 Å². The Balaban J connectivity index is 2.17. The SMILES string of the molecule is CC(C)N(CC1CCCNC1)c1ccc([N+](=O)[O-])c(N)n1. The van der Waals surface area contributed by atoms with Crippen molar-refractivity contribution in [2.75, 3.05) is 30.3 Å². The summed E-state index contributed by atoms with van der Waals surface area (Å²) >= 11 is 0. The van der Waals surface area contributed by atoms with E-state index in [1.165, 1.54) is 18.9 Å². The van der Waals surface area contributed by atoms with E-state index in [0.29, 0.717) is 11.7 Å². The van der Waals surface area contributed by atoms with Crippen molar-refractivity contribution in [3.8, 4) is 0 Å². The highest BCUT2D eigenvalue weighted by atomic mass is 16.6. The number of nitrogens with one attached hydrogen (secondary N) is 1. The van der Waals surface area contributed by atoms with Crippen LogP contribution < -0.4 is 16.0 Å². The normalized spacial score (nSPS) is 18.7. The molecule has 1 aromatic heterocycles. The van der Waals surface area contributed by atoms with Gasteiger partial charge in [0.2, 0.25) is 5.82 Å². The summed E-state index contributed by atoms with van der Waals surface area (Å²) in [7, 11) is 0. The Labute approximate surface area is 124 Å². The van der Waals surface area contributed by atoms with Gasteiger partial charge >= 0.3 is 5.69 Å². The summed E-state index contributed by atoms with van der Waals surface area (Å²) < 4.78 is 0. The summed E-state index contributed by atoms with van der Waals surface area (Å²) in [5, 5.41) is 14.2. The molecule has 0 spiro atoms. The molecule has 1 saturated heterocycles. The van der Waals surface area contributed by atoms with Crippen molar-refractivity contribution < 1.29 is 4.92 Å². The molecule has 3 N–H and O–H groups in total. The molecule has 0 aliphatic carbocycles. The molecule has 1 atom stereocenters. The Morgan fingerprint density at radius 3 is 2.86 bits per heavy atom. The summed E-state index contributed by atoms with van der Waals surface area (Å²) in [6.07, 6.45) is 2.38. The van der Waals surface area contributed by atoms with Gasteiger partial charge in [-0.05, 0) is 51.8 Å². The molecule has 2 heterocycles. The van der Waals surface area contributed by atoms with Crippen molar-refractivity contribution in [2.45, 2.75) is 32.7 Å². The van der Waals surface area contributed by atoms with Crippen LogP contribution in [0.15, 0.2) is 12.1 Å². The molecule has 0 saturated carbocycles. The number of rotatable bonds is 5. The predicted octanol–water partition coefficient (Wildman–Crippen LogP) is 1.79. The Morgan fingerprint density at radius 1 is 1.57 bits per heavy atom. The van der Waals surface area contributed by atoms with Crippen LogP contribution in [0.4, 0.5) is 17.3 Å². The largest absolute Gasteiger partial charge is 0.378 e. The van der Waals surface area contributed by atoms with Gasteiger partial charge in [0.1, 0.15) is 5.82 Å². The average Bonchev–Trinajstić information content (AvgIpc) is 2.45. The van der Waals surface area contributed by atoms with Crippen LogP contribution in [0.3, 0.4) is 0 Å². The average molecular weight is 293 g/mol. The zero-order valence-electron chi connectivity index (χ0n) is 12.6. The minimum atomic E-state index is -0.503. The number of aromatic nitrogens is 1. The van der Waals surface area contributed by atoms with Crippen LogP contribution in [0.25, 0.3) is 0 Å². The standard InChI is InChI=1S/C14H23N5O2/c1-10(2)18(9-11-4-3-7-16-8-11)13-6-5-12(19(20)21)14(15)17-13/h5-6,10-11,16H,3-4,7-9H2,1-2H3,(H2,15,17). The van der Waals surface area contributed by atoms with Gasteiger partial charge in [0.05, 0.1) is 4.92 Å². The lowest BCUT2D eigenvalue weighted by molar-refractivity contribution is -0.384. The Bertz CT molecular complexity index is 500. The third-order valence-corrected chi connectivity index (χ3v) is 3.86. The van der Waals surface area contributed by atoms with Gasteiger partial charge in [-0.15, -0.1) is 0 Å². The number of nitro groups is 1. The lowest BCUT2D eigenvalue weighted by Crippen LogP contribution is -2.41. The molecule has 0 amide bonds. The summed E-state index contributed by atoms with van der Waals surface area (Å²) in [4.78, 5) is 16.7. The number of pyridine rings is 1. The molecule has 0 aromatic carbocycles. The second-order valence-corrected chi connectivity index (χ2v) is 5.79. The van der Waals surface area contributed by atoms with Gasteiger partial charge in [0.15, 0.2) is 0 Å². The van der Waals surface area contributed by atoms with Gasteiger partial charge in [-0.25, -0.2) is 4.98 Å². The number of hydrogen-bond acceptors (Lipinski definition) is 6. The molecule has 116 valence electrons. The first-order valence-corrected chi connectivity index (χ1v) is 7.37. The second kappa shape index (κ2) is 6.71. The fraction of sp³-hybridized carbons (Fsp3) is 0.643. The first-order chi connectivity index (χ1) is 9.99. The molecule has 2 rings (SSSR count). The molecule has 0 radical (unpaired) electrons. The van der Waals surface area contributed by atoms with Crippen molar-refractivity contribution in [1.82, 2.24) is 10.3 Å². The van der Waals surface area contributed by atoms with Gasteiger partial charge in [0.25, 0.3) is 0 Å². The summed E-state index contributed by atoms with van der Waals surface area (Å²) in [5.74, 6) is 1.25. The maximum Gasteiger partial charge on any atom is 0.311 e. The van der Waals surface area contributed by atoms with Crippen molar-refractivity contribution in [2.24, 2.45) is 5.92 Å². The number of anilines is 2. The monoisotopic (exact) mass is 293 g/mol. The summed E-state index contributed by atoms with van der Waals surface area (Å²) in [6, 6.07) is 3.39. The first kappa shape index (κ1) is 15.5. The smallest absolute Gasteiger partial charge is 0.311 e. The van der Waals surface area contributed by atoms with Crippen LogP contribution in [0, 0.1) is 16.0 Å². The van der Waals surface area contributed by atoms with Crippen molar-refractivity contribution in [1.29, 1.82) is 0 Å². The van der Waals surface area contributed by atoms with Crippen molar-refractivity contribution >= 4 is 17.3 Å². The third-order valence-electron chi connectivity index (χ3n) is 3.86. The van der Waals surface area contributed by atoms with Crippen LogP contribution >= 0.6 is 0 Å². The Hall–Kier alpha value is -1.89. The van der Waals surface area contributed by atoms with E-state index in [0.717, 1.165) is 19.6 Å². The number of nitrogens with two attached hydrogens (primary N) is 1. The predicted molar refractivity (Wildman–Crippen MR) is 83.4 cm³/mol. The highest BCUT2D eigenvalue weighted by molar-refractivity contribution is 5.58. The summed E-state index contributed by atoms with van der Waals surface area (Å²) in [6.45, 7) is 7.16. The topological polar surface area (TPSA) is 97.3 Å². The molecular formula is C14H23N5O2. The molecule has 1 aliphatic heterocycles. The first-order valence-electron chi connectivity index (χ1n) is 7.37. The fourth-order valence-electron chi connectivity index (χ4n) is 2.70. The van der Waals surface area contributed by atoms with Crippen molar-refractivity contribution in [3.05, 3.63) is 22.2 Å². The third kappa shape index (κ3) is 3.81. The van der Waals surface area contributed by atoms with E-state index in [4.69, 9.17) is 5.73 Å². The van der Waals surface area contributed by atoms with E-state index in [9.17, 15) is 10.1 Å². The zero-order chi connectivity index (χ0) is 15.4. The van der Waals surface area contributed by atoms with Crippen LogP contribution in [0.5, 0.6) is 0 Å². The maximum absolute atomic E-state index is 10.8. The van der Waals surface area contributed by atoms with E-state index in [1.807, 2.05) is 0 Å². The molecule has 0 bridgehead atoms. The molecule has 7 nitrogen and oxygen atoms in total. The highest BCUT2D eigenvalue weighted by Crippen LogP contribution is 2.25. The van der Waals surface area contributed by atoms with E-state index in [-0.39, 0.29) is 17.5 Å².